The molecule has 2 rings (SSSR count). The van der Waals surface area contributed by atoms with Gasteiger partial charge >= 0.3 is 0 Å². The number of nitrogens with zero attached hydrogens (tertiary/aromatic N) is 2. The molecule has 5 heteroatoms. The van der Waals surface area contributed by atoms with E-state index in [9.17, 15) is 9.59 Å². The number of nitrogens with one attached hydrogen (secondary N) is 1. The highest BCUT2D eigenvalue weighted by molar-refractivity contribution is 5.87. The molecule has 0 aliphatic carbocycles. The van der Waals surface area contributed by atoms with Gasteiger partial charge in [0.1, 0.15) is 0 Å². The summed E-state index contributed by atoms with van der Waals surface area (Å²) in [4.78, 5) is 28.3. The Morgan fingerprint density at radius 3 is 2.58 bits per heavy atom. The van der Waals surface area contributed by atoms with Gasteiger partial charge in [-0.1, -0.05) is 26.0 Å². The summed E-state index contributed by atoms with van der Waals surface area (Å²) in [5, 5.41) is 2.89. The van der Waals surface area contributed by atoms with E-state index in [-0.39, 0.29) is 23.9 Å². The van der Waals surface area contributed by atoms with Crippen molar-refractivity contribution in [1.82, 2.24) is 10.2 Å². The van der Waals surface area contributed by atoms with Gasteiger partial charge in [-0.2, -0.15) is 0 Å². The molecule has 0 spiro atoms. The summed E-state index contributed by atoms with van der Waals surface area (Å²) in [5.41, 5.74) is 3.53. The molecular weight excluding hydrogens is 326 g/mol. The summed E-state index contributed by atoms with van der Waals surface area (Å²) in [6.07, 6.45) is 2.11. The second-order valence-electron chi connectivity index (χ2n) is 8.62. The number of hydrogen-bond donors (Lipinski definition) is 1. The minimum atomic E-state index is -0.291. The molecule has 1 aromatic rings. The van der Waals surface area contributed by atoms with Crippen LogP contribution in [-0.4, -0.2) is 48.9 Å². The Morgan fingerprint density at radius 1 is 1.27 bits per heavy atom. The van der Waals surface area contributed by atoms with Crippen molar-refractivity contribution in [1.29, 1.82) is 0 Å². The van der Waals surface area contributed by atoms with Crippen LogP contribution in [0.4, 0.5) is 5.69 Å². The molecule has 0 aromatic heterocycles. The first-order valence-corrected chi connectivity index (χ1v) is 9.49. The maximum absolute atomic E-state index is 12.6. The van der Waals surface area contributed by atoms with Gasteiger partial charge in [0.25, 0.3) is 0 Å². The van der Waals surface area contributed by atoms with Crippen molar-refractivity contribution in [3.63, 3.8) is 0 Å². The molecule has 0 radical (unpaired) electrons. The number of carbonyl (C=O) groups is 2. The lowest BCUT2D eigenvalue weighted by Gasteiger charge is -2.32. The van der Waals surface area contributed by atoms with Crippen LogP contribution in [0.3, 0.4) is 0 Å². The molecule has 0 bridgehead atoms. The maximum atomic E-state index is 12.6. The summed E-state index contributed by atoms with van der Waals surface area (Å²) < 4.78 is 0. The van der Waals surface area contributed by atoms with Gasteiger partial charge in [0.05, 0.1) is 13.1 Å². The zero-order chi connectivity index (χ0) is 19.5. The van der Waals surface area contributed by atoms with Crippen molar-refractivity contribution in [2.24, 2.45) is 0 Å². The van der Waals surface area contributed by atoms with E-state index in [1.54, 1.807) is 7.05 Å². The lowest BCUT2D eigenvalue weighted by molar-refractivity contribution is -0.134. The first-order valence-electron chi connectivity index (χ1n) is 9.49. The second kappa shape index (κ2) is 8.11. The molecule has 0 saturated carbocycles. The molecule has 26 heavy (non-hydrogen) atoms. The van der Waals surface area contributed by atoms with E-state index in [0.717, 1.165) is 25.1 Å². The van der Waals surface area contributed by atoms with Gasteiger partial charge in [-0.15, -0.1) is 0 Å². The van der Waals surface area contributed by atoms with Crippen LogP contribution >= 0.6 is 0 Å². The van der Waals surface area contributed by atoms with Gasteiger partial charge in [0, 0.05) is 24.8 Å². The SMILES string of the molecule is CC(C)c1ccc2c(c1)CCCN2CC(=O)N(C)CC(=O)NC(C)(C)C. The fourth-order valence-corrected chi connectivity index (χ4v) is 3.26. The Kier molecular flexibility index (Phi) is 6.32. The minimum absolute atomic E-state index is 0.0326. The highest BCUT2D eigenvalue weighted by Gasteiger charge is 2.23. The first-order chi connectivity index (χ1) is 12.1. The van der Waals surface area contributed by atoms with Crippen molar-refractivity contribution in [2.75, 3.05) is 31.6 Å². The molecule has 1 aliphatic heterocycles. The van der Waals surface area contributed by atoms with Crippen molar-refractivity contribution < 1.29 is 9.59 Å². The quantitative estimate of drug-likeness (QED) is 0.879. The summed E-state index contributed by atoms with van der Waals surface area (Å²) in [6, 6.07) is 6.58. The standard InChI is InChI=1S/C21H33N3O2/c1-15(2)16-9-10-18-17(12-16)8-7-11-24(18)14-20(26)23(6)13-19(25)22-21(3,4)5/h9-10,12,15H,7-8,11,13-14H2,1-6H3,(H,22,25). The van der Waals surface area contributed by atoms with Crippen LogP contribution in [-0.2, 0) is 16.0 Å². The summed E-state index contributed by atoms with van der Waals surface area (Å²) >= 11 is 0. The van der Waals surface area contributed by atoms with E-state index in [0.29, 0.717) is 12.5 Å². The fraction of sp³-hybridized carbons (Fsp3) is 0.619. The highest BCUT2D eigenvalue weighted by atomic mass is 16.2. The van der Waals surface area contributed by atoms with E-state index in [1.807, 2.05) is 20.8 Å². The van der Waals surface area contributed by atoms with Gasteiger partial charge in [-0.25, -0.2) is 0 Å². The number of hydrogen-bond acceptors (Lipinski definition) is 3. The lowest BCUT2D eigenvalue weighted by atomic mass is 9.95. The van der Waals surface area contributed by atoms with Crippen LogP contribution in [0.1, 0.15) is 58.1 Å². The molecule has 2 amide bonds. The van der Waals surface area contributed by atoms with Gasteiger partial charge in [0.2, 0.25) is 11.8 Å². The number of benzene rings is 1. The fourth-order valence-electron chi connectivity index (χ4n) is 3.26. The molecule has 1 heterocycles. The topological polar surface area (TPSA) is 52.7 Å². The Bertz CT molecular complexity index is 662. The van der Waals surface area contributed by atoms with Gasteiger partial charge in [0.15, 0.2) is 0 Å². The number of amides is 2. The zero-order valence-corrected chi connectivity index (χ0v) is 17.1. The summed E-state index contributed by atoms with van der Waals surface area (Å²) in [5.74, 6) is 0.341. The van der Waals surface area contributed by atoms with E-state index >= 15 is 0 Å². The third kappa shape index (κ3) is 5.48. The van der Waals surface area contributed by atoms with Crippen LogP contribution < -0.4 is 10.2 Å². The average Bonchev–Trinajstić information content (AvgIpc) is 2.52. The minimum Gasteiger partial charge on any atom is -0.362 e. The molecule has 0 atom stereocenters. The van der Waals surface area contributed by atoms with E-state index in [2.05, 4.69) is 42.3 Å². The number of rotatable bonds is 5. The van der Waals surface area contributed by atoms with Crippen molar-refractivity contribution in [3.05, 3.63) is 29.3 Å². The molecule has 0 saturated heterocycles. The summed E-state index contributed by atoms with van der Waals surface area (Å²) in [7, 11) is 1.69. The molecule has 5 nitrogen and oxygen atoms in total. The largest absolute Gasteiger partial charge is 0.362 e. The van der Waals surface area contributed by atoms with E-state index in [1.165, 1.54) is 16.0 Å². The first kappa shape index (κ1) is 20.3. The molecule has 1 N–H and O–H groups in total. The second-order valence-corrected chi connectivity index (χ2v) is 8.62. The third-order valence-corrected chi connectivity index (χ3v) is 4.63. The van der Waals surface area contributed by atoms with Crippen LogP contribution in [0, 0.1) is 0 Å². The Morgan fingerprint density at radius 2 is 1.96 bits per heavy atom. The van der Waals surface area contributed by atoms with Crippen LogP contribution in [0.15, 0.2) is 18.2 Å². The zero-order valence-electron chi connectivity index (χ0n) is 17.1. The predicted octanol–water partition coefficient (Wildman–Crippen LogP) is 2.94. The number of likely N-dealkylation sites (N-methyl/N-ethyl adjacent to an activating group) is 1. The Balaban J connectivity index is 2.01. The average molecular weight is 360 g/mol. The van der Waals surface area contributed by atoms with Crippen molar-refractivity contribution in [2.45, 2.75) is 58.9 Å². The van der Waals surface area contributed by atoms with Crippen LogP contribution in [0.2, 0.25) is 0 Å². The number of fused-ring (bicyclic) bond motifs is 1. The number of anilines is 1. The van der Waals surface area contributed by atoms with Gasteiger partial charge in [-0.3, -0.25) is 9.59 Å². The van der Waals surface area contributed by atoms with E-state index < -0.39 is 0 Å². The normalized spacial score (nSPS) is 14.2. The maximum Gasteiger partial charge on any atom is 0.242 e. The highest BCUT2D eigenvalue weighted by Crippen LogP contribution is 2.30. The molecule has 0 unspecified atom stereocenters. The predicted molar refractivity (Wildman–Crippen MR) is 107 cm³/mol. The molecular formula is C21H33N3O2. The smallest absolute Gasteiger partial charge is 0.242 e. The summed E-state index contributed by atoms with van der Waals surface area (Å²) in [6.45, 7) is 11.5. The third-order valence-electron chi connectivity index (χ3n) is 4.63. The number of aryl methyl sites for hydroxylation is 1. The number of carbonyl (C=O) groups excluding carboxylic acids is 2. The van der Waals surface area contributed by atoms with Crippen LogP contribution in [0.25, 0.3) is 0 Å². The van der Waals surface area contributed by atoms with Crippen molar-refractivity contribution >= 4 is 17.5 Å². The molecule has 0 fully saturated rings. The van der Waals surface area contributed by atoms with Crippen molar-refractivity contribution in [3.8, 4) is 0 Å². The Hall–Kier alpha value is -2.04. The molecule has 144 valence electrons. The van der Waals surface area contributed by atoms with E-state index in [4.69, 9.17) is 0 Å². The lowest BCUT2D eigenvalue weighted by Crippen LogP contribution is -2.48. The molecule has 1 aromatic carbocycles. The molecule has 1 aliphatic rings. The monoisotopic (exact) mass is 359 g/mol. The van der Waals surface area contributed by atoms with Crippen LogP contribution in [0.5, 0.6) is 0 Å². The Labute approximate surface area is 157 Å². The van der Waals surface area contributed by atoms with Gasteiger partial charge < -0.3 is 15.1 Å². The van der Waals surface area contributed by atoms with Gasteiger partial charge in [-0.05, 0) is 56.7 Å².